The first-order chi connectivity index (χ1) is 13.4. The molecule has 0 radical (unpaired) electrons. The minimum absolute atomic E-state index is 0.210. The first-order valence-corrected chi connectivity index (χ1v) is 11.3. The molecule has 1 aromatic rings. The summed E-state index contributed by atoms with van der Waals surface area (Å²) >= 11 is 0. The maximum Gasteiger partial charge on any atom is 0.243 e. The van der Waals surface area contributed by atoms with E-state index in [2.05, 4.69) is 4.90 Å². The second-order valence-corrected chi connectivity index (χ2v) is 9.90. The zero-order valence-corrected chi connectivity index (χ0v) is 17.1. The number of ether oxygens (including phenoxy) is 2. The highest BCUT2D eigenvalue weighted by atomic mass is 32.2. The largest absolute Gasteiger partial charge is 0.379 e. The molecule has 0 aliphatic carbocycles. The predicted molar refractivity (Wildman–Crippen MR) is 103 cm³/mol. The van der Waals surface area contributed by atoms with Gasteiger partial charge in [0.1, 0.15) is 0 Å². The maximum absolute atomic E-state index is 13.1. The highest BCUT2D eigenvalue weighted by Crippen LogP contribution is 2.39. The lowest BCUT2D eigenvalue weighted by Gasteiger charge is -2.39. The number of aryl methyl sites for hydroxylation is 1. The number of piperidine rings is 1. The Morgan fingerprint density at radius 1 is 1.18 bits per heavy atom. The van der Waals surface area contributed by atoms with Crippen molar-refractivity contribution in [2.45, 2.75) is 42.7 Å². The van der Waals surface area contributed by atoms with Gasteiger partial charge in [-0.25, -0.2) is 8.42 Å². The van der Waals surface area contributed by atoms with Crippen LogP contribution in [-0.4, -0.2) is 75.3 Å². The molecule has 7 nitrogen and oxygen atoms in total. The fourth-order valence-corrected chi connectivity index (χ4v) is 6.26. The van der Waals surface area contributed by atoms with E-state index < -0.39 is 10.0 Å². The van der Waals surface area contributed by atoms with Crippen molar-refractivity contribution in [1.29, 1.82) is 5.26 Å². The second kappa shape index (κ2) is 7.73. The predicted octanol–water partition coefficient (Wildman–Crippen LogP) is 1.51. The van der Waals surface area contributed by atoms with E-state index in [0.29, 0.717) is 43.1 Å². The number of rotatable bonds is 3. The lowest BCUT2D eigenvalue weighted by molar-refractivity contribution is -0.0328. The van der Waals surface area contributed by atoms with Gasteiger partial charge in [0.15, 0.2) is 0 Å². The number of hydrogen-bond donors (Lipinski definition) is 0. The van der Waals surface area contributed by atoms with E-state index in [1.807, 2.05) is 6.07 Å². The Kier molecular flexibility index (Phi) is 5.47. The second-order valence-electron chi connectivity index (χ2n) is 8.00. The smallest absolute Gasteiger partial charge is 0.243 e. The van der Waals surface area contributed by atoms with Crippen molar-refractivity contribution in [2.24, 2.45) is 0 Å². The average molecular weight is 406 g/mol. The van der Waals surface area contributed by atoms with Gasteiger partial charge in [0, 0.05) is 32.2 Å². The summed E-state index contributed by atoms with van der Waals surface area (Å²) in [5.74, 6) is 0. The van der Waals surface area contributed by atoms with Crippen LogP contribution in [0.25, 0.3) is 0 Å². The van der Waals surface area contributed by atoms with E-state index >= 15 is 0 Å². The molecule has 0 unspecified atom stereocenters. The van der Waals surface area contributed by atoms with Gasteiger partial charge in [-0.3, -0.25) is 4.90 Å². The quantitative estimate of drug-likeness (QED) is 0.758. The third-order valence-corrected chi connectivity index (χ3v) is 8.36. The molecule has 1 atom stereocenters. The Labute approximate surface area is 166 Å². The Balaban J connectivity index is 1.43. The number of nitriles is 1. The van der Waals surface area contributed by atoms with Crippen LogP contribution in [0, 0.1) is 18.3 Å². The maximum atomic E-state index is 13.1. The molecular weight excluding hydrogens is 378 g/mol. The van der Waals surface area contributed by atoms with Crippen LogP contribution in [0.5, 0.6) is 0 Å². The van der Waals surface area contributed by atoms with Gasteiger partial charge in [0.25, 0.3) is 0 Å². The molecule has 0 N–H and O–H groups in total. The van der Waals surface area contributed by atoms with Crippen LogP contribution in [0.4, 0.5) is 0 Å². The first kappa shape index (κ1) is 19.8. The lowest BCUT2D eigenvalue weighted by atomic mass is 9.88. The van der Waals surface area contributed by atoms with Crippen LogP contribution >= 0.6 is 0 Å². The summed E-state index contributed by atoms with van der Waals surface area (Å²) in [5, 5.41) is 9.11. The van der Waals surface area contributed by atoms with Crippen LogP contribution in [0.3, 0.4) is 0 Å². The van der Waals surface area contributed by atoms with Gasteiger partial charge >= 0.3 is 0 Å². The molecule has 1 spiro atoms. The van der Waals surface area contributed by atoms with Crippen LogP contribution in [0.15, 0.2) is 23.1 Å². The summed E-state index contributed by atoms with van der Waals surface area (Å²) in [6.45, 7) is 6.83. The van der Waals surface area contributed by atoms with Crippen molar-refractivity contribution in [2.75, 3.05) is 46.0 Å². The Hall–Kier alpha value is -1.50. The zero-order valence-electron chi connectivity index (χ0n) is 16.3. The molecule has 0 aromatic heterocycles. The van der Waals surface area contributed by atoms with Crippen molar-refractivity contribution in [3.63, 3.8) is 0 Å². The summed E-state index contributed by atoms with van der Waals surface area (Å²) in [6, 6.07) is 7.26. The molecule has 8 heteroatoms. The molecule has 3 aliphatic heterocycles. The number of sulfonamides is 1. The number of nitrogens with zero attached hydrogens (tertiary/aromatic N) is 3. The van der Waals surface area contributed by atoms with Crippen molar-refractivity contribution in [3.05, 3.63) is 29.3 Å². The van der Waals surface area contributed by atoms with Crippen LogP contribution in [0.1, 0.15) is 30.4 Å². The number of morpholine rings is 1. The molecule has 0 bridgehead atoms. The van der Waals surface area contributed by atoms with Gasteiger partial charge in [-0.15, -0.1) is 0 Å². The topological polar surface area (TPSA) is 82.9 Å². The van der Waals surface area contributed by atoms with E-state index in [4.69, 9.17) is 14.7 Å². The average Bonchev–Trinajstić information content (AvgIpc) is 3.13. The Morgan fingerprint density at radius 3 is 2.57 bits per heavy atom. The van der Waals surface area contributed by atoms with Crippen molar-refractivity contribution in [3.8, 4) is 6.07 Å². The molecule has 3 aliphatic rings. The first-order valence-electron chi connectivity index (χ1n) is 9.90. The van der Waals surface area contributed by atoms with E-state index in [1.165, 1.54) is 6.07 Å². The fourth-order valence-electron chi connectivity index (χ4n) is 4.57. The third kappa shape index (κ3) is 3.70. The number of hydrogen-bond acceptors (Lipinski definition) is 6. The van der Waals surface area contributed by atoms with Crippen LogP contribution < -0.4 is 0 Å². The van der Waals surface area contributed by atoms with Gasteiger partial charge < -0.3 is 9.47 Å². The molecule has 28 heavy (non-hydrogen) atoms. The number of benzene rings is 1. The monoisotopic (exact) mass is 405 g/mol. The van der Waals surface area contributed by atoms with E-state index in [0.717, 1.165) is 39.3 Å². The van der Waals surface area contributed by atoms with Gasteiger partial charge in [-0.05, 0) is 43.9 Å². The molecule has 3 saturated heterocycles. The van der Waals surface area contributed by atoms with Crippen molar-refractivity contribution >= 4 is 10.0 Å². The molecule has 0 saturated carbocycles. The van der Waals surface area contributed by atoms with E-state index in [-0.39, 0.29) is 10.5 Å². The molecule has 3 fully saturated rings. The summed E-state index contributed by atoms with van der Waals surface area (Å²) in [7, 11) is -3.61. The van der Waals surface area contributed by atoms with Gasteiger partial charge in [-0.1, -0.05) is 6.07 Å². The van der Waals surface area contributed by atoms with Gasteiger partial charge in [-0.2, -0.15) is 9.57 Å². The SMILES string of the molecule is Cc1ccc(C#N)cc1S(=O)(=O)N1CCC2(CC1)C[C@@H](N1CCOCC1)CO2. The molecule has 4 rings (SSSR count). The molecule has 0 amide bonds. The highest BCUT2D eigenvalue weighted by Gasteiger charge is 2.46. The van der Waals surface area contributed by atoms with Crippen molar-refractivity contribution in [1.82, 2.24) is 9.21 Å². The van der Waals surface area contributed by atoms with Crippen LogP contribution in [-0.2, 0) is 19.5 Å². The van der Waals surface area contributed by atoms with Crippen molar-refractivity contribution < 1.29 is 17.9 Å². The van der Waals surface area contributed by atoms with Gasteiger partial charge in [0.05, 0.1) is 41.9 Å². The van der Waals surface area contributed by atoms with Crippen LogP contribution in [0.2, 0.25) is 0 Å². The zero-order chi connectivity index (χ0) is 19.8. The summed E-state index contributed by atoms with van der Waals surface area (Å²) < 4.78 is 39.5. The van der Waals surface area contributed by atoms with Gasteiger partial charge in [0.2, 0.25) is 10.0 Å². The Morgan fingerprint density at radius 2 is 1.89 bits per heavy atom. The minimum atomic E-state index is -3.61. The molecular formula is C20H27N3O4S. The summed E-state index contributed by atoms with van der Waals surface area (Å²) in [6.07, 6.45) is 2.39. The summed E-state index contributed by atoms with van der Waals surface area (Å²) in [5.41, 5.74) is 0.826. The lowest BCUT2D eigenvalue weighted by Crippen LogP contribution is -2.48. The highest BCUT2D eigenvalue weighted by molar-refractivity contribution is 7.89. The molecule has 1 aromatic carbocycles. The molecule has 152 valence electrons. The minimum Gasteiger partial charge on any atom is -0.379 e. The Bertz CT molecular complexity index is 866. The van der Waals surface area contributed by atoms with E-state index in [9.17, 15) is 8.42 Å². The normalized spacial score (nSPS) is 26.4. The summed E-state index contributed by atoms with van der Waals surface area (Å²) in [4.78, 5) is 2.68. The third-order valence-electron chi connectivity index (χ3n) is 6.32. The molecule has 3 heterocycles. The standard InChI is InChI=1S/C20H27N3O4S/c1-16-2-3-17(14-21)12-19(16)28(24,25)23-6-4-20(5-7-23)13-18(15-27-20)22-8-10-26-11-9-22/h2-3,12,18H,4-11,13,15H2,1H3/t18-/m1/s1. The van der Waals surface area contributed by atoms with E-state index in [1.54, 1.807) is 23.4 Å². The fraction of sp³-hybridized carbons (Fsp3) is 0.650.